The molecule has 0 radical (unpaired) electrons. The molecule has 0 spiro atoms. The van der Waals surface area contributed by atoms with E-state index in [0.717, 1.165) is 19.4 Å². The third kappa shape index (κ3) is 3.42. The van der Waals surface area contributed by atoms with Crippen molar-refractivity contribution in [2.24, 2.45) is 0 Å². The molecule has 1 saturated heterocycles. The second kappa shape index (κ2) is 6.61. The zero-order valence-corrected chi connectivity index (χ0v) is 12.2. The summed E-state index contributed by atoms with van der Waals surface area (Å²) < 4.78 is 10.4. The minimum absolute atomic E-state index is 0.106. The molecule has 1 aromatic carbocycles. The van der Waals surface area contributed by atoms with Gasteiger partial charge in [0.05, 0.1) is 19.8 Å². The molecule has 2 rings (SSSR count). The lowest BCUT2D eigenvalue weighted by Gasteiger charge is -2.28. The van der Waals surface area contributed by atoms with E-state index in [1.807, 2.05) is 0 Å². The number of amides is 1. The van der Waals surface area contributed by atoms with Gasteiger partial charge < -0.3 is 20.1 Å². The van der Waals surface area contributed by atoms with Crippen molar-refractivity contribution in [2.75, 3.05) is 20.8 Å². The van der Waals surface area contributed by atoms with E-state index in [4.69, 9.17) is 9.47 Å². The fraction of sp³-hybridized carbons (Fsp3) is 0.533. The van der Waals surface area contributed by atoms with E-state index in [1.165, 1.54) is 0 Å². The van der Waals surface area contributed by atoms with Crippen molar-refractivity contribution in [1.82, 2.24) is 10.6 Å². The maximum absolute atomic E-state index is 12.3. The number of nitrogens with one attached hydrogen (secondary N) is 2. The summed E-state index contributed by atoms with van der Waals surface area (Å²) in [5.41, 5.74) is 0.534. The summed E-state index contributed by atoms with van der Waals surface area (Å²) in [5.74, 6) is 1.09. The Labute approximate surface area is 119 Å². The van der Waals surface area contributed by atoms with Gasteiger partial charge in [0.2, 0.25) is 0 Å². The number of methoxy groups -OCH3 is 2. The lowest BCUT2D eigenvalue weighted by Crippen LogP contribution is -2.48. The van der Waals surface area contributed by atoms with Gasteiger partial charge in [0.1, 0.15) is 11.5 Å². The molecule has 5 nitrogen and oxygen atoms in total. The number of rotatable bonds is 4. The molecule has 5 heteroatoms. The Balaban J connectivity index is 2.05. The molecule has 0 saturated carbocycles. The maximum atomic E-state index is 12.3. The third-order valence-electron chi connectivity index (χ3n) is 3.65. The minimum atomic E-state index is -0.106. The molecule has 2 atom stereocenters. The first-order chi connectivity index (χ1) is 9.63. The smallest absolute Gasteiger partial charge is 0.255 e. The Morgan fingerprint density at radius 2 is 2.10 bits per heavy atom. The van der Waals surface area contributed by atoms with Gasteiger partial charge in [-0.3, -0.25) is 4.79 Å². The number of ether oxygens (including phenoxy) is 2. The minimum Gasteiger partial charge on any atom is -0.497 e. The van der Waals surface area contributed by atoms with E-state index in [0.29, 0.717) is 23.1 Å². The van der Waals surface area contributed by atoms with Gasteiger partial charge in [-0.25, -0.2) is 0 Å². The molecule has 110 valence electrons. The molecule has 1 heterocycles. The van der Waals surface area contributed by atoms with Crippen molar-refractivity contribution in [3.05, 3.63) is 23.8 Å². The van der Waals surface area contributed by atoms with Crippen molar-refractivity contribution >= 4 is 5.91 Å². The summed E-state index contributed by atoms with van der Waals surface area (Å²) in [5, 5.41) is 6.42. The molecule has 2 unspecified atom stereocenters. The number of hydrogen-bond acceptors (Lipinski definition) is 4. The van der Waals surface area contributed by atoms with Crippen molar-refractivity contribution in [3.8, 4) is 11.5 Å². The topological polar surface area (TPSA) is 59.6 Å². The van der Waals surface area contributed by atoms with Crippen molar-refractivity contribution in [2.45, 2.75) is 31.8 Å². The quantitative estimate of drug-likeness (QED) is 0.878. The van der Waals surface area contributed by atoms with E-state index in [2.05, 4.69) is 17.6 Å². The molecule has 1 fully saturated rings. The average molecular weight is 278 g/mol. The van der Waals surface area contributed by atoms with Crippen LogP contribution in [0, 0.1) is 0 Å². The number of carbonyl (C=O) groups is 1. The molecule has 20 heavy (non-hydrogen) atoms. The predicted molar refractivity (Wildman–Crippen MR) is 77.5 cm³/mol. The van der Waals surface area contributed by atoms with Crippen LogP contribution in [0.2, 0.25) is 0 Å². The van der Waals surface area contributed by atoms with Crippen LogP contribution in [-0.4, -0.2) is 38.8 Å². The Morgan fingerprint density at radius 1 is 1.30 bits per heavy atom. The molecule has 1 aliphatic heterocycles. The highest BCUT2D eigenvalue weighted by molar-refractivity contribution is 5.97. The van der Waals surface area contributed by atoms with E-state index in [1.54, 1.807) is 32.4 Å². The first-order valence-corrected chi connectivity index (χ1v) is 6.90. The van der Waals surface area contributed by atoms with Gasteiger partial charge in [-0.1, -0.05) is 0 Å². The molecule has 1 aliphatic rings. The maximum Gasteiger partial charge on any atom is 0.255 e. The van der Waals surface area contributed by atoms with Crippen LogP contribution in [-0.2, 0) is 0 Å². The second-order valence-corrected chi connectivity index (χ2v) is 5.12. The molecular weight excluding hydrogens is 256 g/mol. The molecule has 2 N–H and O–H groups in total. The average Bonchev–Trinajstić information content (AvgIpc) is 2.48. The Morgan fingerprint density at radius 3 is 2.70 bits per heavy atom. The van der Waals surface area contributed by atoms with Crippen LogP contribution in [0.15, 0.2) is 18.2 Å². The van der Waals surface area contributed by atoms with E-state index >= 15 is 0 Å². The van der Waals surface area contributed by atoms with E-state index in [9.17, 15) is 4.79 Å². The monoisotopic (exact) mass is 278 g/mol. The van der Waals surface area contributed by atoms with Crippen molar-refractivity contribution in [3.63, 3.8) is 0 Å². The summed E-state index contributed by atoms with van der Waals surface area (Å²) in [7, 11) is 3.14. The van der Waals surface area contributed by atoms with Crippen LogP contribution < -0.4 is 20.1 Å². The molecule has 0 aliphatic carbocycles. The molecule has 0 bridgehead atoms. The number of benzene rings is 1. The summed E-state index contributed by atoms with van der Waals surface area (Å²) >= 11 is 0. The lowest BCUT2D eigenvalue weighted by atomic mass is 10.0. The fourth-order valence-electron chi connectivity index (χ4n) is 2.37. The van der Waals surface area contributed by atoms with E-state index < -0.39 is 0 Å². The molecule has 1 amide bonds. The highest BCUT2D eigenvalue weighted by atomic mass is 16.5. The van der Waals surface area contributed by atoms with Gasteiger partial charge >= 0.3 is 0 Å². The zero-order valence-electron chi connectivity index (χ0n) is 12.2. The van der Waals surface area contributed by atoms with Gasteiger partial charge in [-0.05, 0) is 31.9 Å². The SMILES string of the molecule is COc1ccc(C(=O)NC2CCC(C)NC2)c(OC)c1. The van der Waals surface area contributed by atoms with Crippen molar-refractivity contribution < 1.29 is 14.3 Å². The Bertz CT molecular complexity index is 468. The van der Waals surface area contributed by atoms with Crippen molar-refractivity contribution in [1.29, 1.82) is 0 Å². The van der Waals surface area contributed by atoms with Gasteiger partial charge in [-0.15, -0.1) is 0 Å². The van der Waals surface area contributed by atoms with Gasteiger partial charge in [-0.2, -0.15) is 0 Å². The van der Waals surface area contributed by atoms with Crippen LogP contribution in [0.4, 0.5) is 0 Å². The molecule has 0 aromatic heterocycles. The fourth-order valence-corrected chi connectivity index (χ4v) is 2.37. The van der Waals surface area contributed by atoms with Gasteiger partial charge in [0.15, 0.2) is 0 Å². The summed E-state index contributed by atoms with van der Waals surface area (Å²) in [6.07, 6.45) is 2.07. The first kappa shape index (κ1) is 14.7. The standard InChI is InChI=1S/C15H22N2O3/c1-10-4-5-11(9-16-10)17-15(18)13-7-6-12(19-2)8-14(13)20-3/h6-8,10-11,16H,4-5,9H2,1-3H3,(H,17,18). The molecular formula is C15H22N2O3. The molecule has 1 aromatic rings. The largest absolute Gasteiger partial charge is 0.497 e. The highest BCUT2D eigenvalue weighted by Gasteiger charge is 2.21. The van der Waals surface area contributed by atoms with Crippen LogP contribution >= 0.6 is 0 Å². The Kier molecular flexibility index (Phi) is 4.84. The van der Waals surface area contributed by atoms with Crippen LogP contribution in [0.1, 0.15) is 30.1 Å². The van der Waals surface area contributed by atoms with Gasteiger partial charge in [0, 0.05) is 24.7 Å². The van der Waals surface area contributed by atoms with Crippen LogP contribution in [0.3, 0.4) is 0 Å². The second-order valence-electron chi connectivity index (χ2n) is 5.12. The van der Waals surface area contributed by atoms with Gasteiger partial charge in [0.25, 0.3) is 5.91 Å². The number of carbonyl (C=O) groups excluding carboxylic acids is 1. The zero-order chi connectivity index (χ0) is 14.5. The lowest BCUT2D eigenvalue weighted by molar-refractivity contribution is 0.0924. The number of piperidine rings is 1. The highest BCUT2D eigenvalue weighted by Crippen LogP contribution is 2.24. The summed E-state index contributed by atoms with van der Waals surface area (Å²) in [4.78, 5) is 12.3. The third-order valence-corrected chi connectivity index (χ3v) is 3.65. The normalized spacial score (nSPS) is 22.1. The Hall–Kier alpha value is -1.75. The number of hydrogen-bond donors (Lipinski definition) is 2. The first-order valence-electron chi connectivity index (χ1n) is 6.90. The van der Waals surface area contributed by atoms with Crippen LogP contribution in [0.25, 0.3) is 0 Å². The predicted octanol–water partition coefficient (Wildman–Crippen LogP) is 1.57. The van der Waals surface area contributed by atoms with Crippen LogP contribution in [0.5, 0.6) is 11.5 Å². The van der Waals surface area contributed by atoms with E-state index in [-0.39, 0.29) is 11.9 Å². The summed E-state index contributed by atoms with van der Waals surface area (Å²) in [6.45, 7) is 2.97. The summed E-state index contributed by atoms with van der Waals surface area (Å²) in [6, 6.07) is 5.91.